The first kappa shape index (κ1) is 17.2. The summed E-state index contributed by atoms with van der Waals surface area (Å²) in [6.07, 6.45) is 2.19. The zero-order chi connectivity index (χ0) is 15.7. The number of ether oxygens (including phenoxy) is 1. The highest BCUT2D eigenvalue weighted by molar-refractivity contribution is 5.95. The third-order valence-electron chi connectivity index (χ3n) is 3.21. The van der Waals surface area contributed by atoms with Crippen LogP contribution in [0, 0.1) is 0 Å². The molecule has 5 nitrogen and oxygen atoms in total. The molecule has 0 aliphatic carbocycles. The zero-order valence-corrected chi connectivity index (χ0v) is 13.0. The van der Waals surface area contributed by atoms with Crippen molar-refractivity contribution in [2.24, 2.45) is 0 Å². The maximum Gasteiger partial charge on any atom is 0.337 e. The van der Waals surface area contributed by atoms with E-state index < -0.39 is 5.97 Å². The summed E-state index contributed by atoms with van der Waals surface area (Å²) in [7, 11) is 1.33. The molecule has 0 unspecified atom stereocenters. The molecular formula is C16H24N2O3. The average Bonchev–Trinajstić information content (AvgIpc) is 2.50. The normalized spacial score (nSPS) is 10.5. The van der Waals surface area contributed by atoms with Crippen molar-refractivity contribution >= 4 is 17.6 Å². The fourth-order valence-corrected chi connectivity index (χ4v) is 1.98. The van der Waals surface area contributed by atoms with Crippen molar-refractivity contribution in [3.63, 3.8) is 0 Å². The van der Waals surface area contributed by atoms with Crippen molar-refractivity contribution < 1.29 is 14.3 Å². The van der Waals surface area contributed by atoms with Gasteiger partial charge in [0.25, 0.3) is 0 Å². The number of amides is 1. The molecule has 1 N–H and O–H groups in total. The van der Waals surface area contributed by atoms with Gasteiger partial charge < -0.3 is 10.1 Å². The standard InChI is InChI=1S/C16H24N2O3/c1-4-6-10-18(5-2)12-15(19)17-14-9-7-8-13(11-14)16(20)21-3/h7-9,11H,4-6,10,12H2,1-3H3,(H,17,19). The van der Waals surface area contributed by atoms with Crippen molar-refractivity contribution in [1.29, 1.82) is 0 Å². The summed E-state index contributed by atoms with van der Waals surface area (Å²) in [5, 5.41) is 2.81. The molecule has 1 amide bonds. The molecule has 1 aromatic carbocycles. The first-order valence-electron chi connectivity index (χ1n) is 7.31. The number of likely N-dealkylation sites (N-methyl/N-ethyl adjacent to an activating group) is 1. The number of esters is 1. The van der Waals surface area contributed by atoms with Crippen molar-refractivity contribution in [3.8, 4) is 0 Å². The number of benzene rings is 1. The molecule has 0 saturated carbocycles. The third kappa shape index (κ3) is 5.95. The van der Waals surface area contributed by atoms with Crippen LogP contribution in [0.1, 0.15) is 37.0 Å². The molecule has 0 radical (unpaired) electrons. The van der Waals surface area contributed by atoms with Gasteiger partial charge in [-0.2, -0.15) is 0 Å². The molecule has 0 heterocycles. The Labute approximate surface area is 126 Å². The van der Waals surface area contributed by atoms with Gasteiger partial charge in [0.05, 0.1) is 19.2 Å². The van der Waals surface area contributed by atoms with Crippen LogP contribution in [-0.4, -0.2) is 43.5 Å². The highest BCUT2D eigenvalue weighted by Crippen LogP contribution is 2.11. The summed E-state index contributed by atoms with van der Waals surface area (Å²) < 4.78 is 4.66. The number of hydrogen-bond donors (Lipinski definition) is 1. The minimum Gasteiger partial charge on any atom is -0.465 e. The molecule has 0 atom stereocenters. The first-order valence-corrected chi connectivity index (χ1v) is 7.31. The van der Waals surface area contributed by atoms with E-state index in [1.807, 2.05) is 6.92 Å². The van der Waals surface area contributed by atoms with Crippen molar-refractivity contribution in [1.82, 2.24) is 4.90 Å². The summed E-state index contributed by atoms with van der Waals surface area (Å²) >= 11 is 0. The lowest BCUT2D eigenvalue weighted by Gasteiger charge is -2.19. The monoisotopic (exact) mass is 292 g/mol. The number of rotatable bonds is 8. The van der Waals surface area contributed by atoms with Crippen LogP contribution < -0.4 is 5.32 Å². The van der Waals surface area contributed by atoms with Gasteiger partial charge in [-0.25, -0.2) is 4.79 Å². The van der Waals surface area contributed by atoms with Crippen LogP contribution in [0.15, 0.2) is 24.3 Å². The van der Waals surface area contributed by atoms with Gasteiger partial charge in [0, 0.05) is 5.69 Å². The van der Waals surface area contributed by atoms with Crippen molar-refractivity contribution in [2.45, 2.75) is 26.7 Å². The Morgan fingerprint density at radius 3 is 2.67 bits per heavy atom. The molecule has 0 fully saturated rings. The number of anilines is 1. The third-order valence-corrected chi connectivity index (χ3v) is 3.21. The highest BCUT2D eigenvalue weighted by Gasteiger charge is 2.10. The summed E-state index contributed by atoms with van der Waals surface area (Å²) in [6.45, 7) is 6.30. The van der Waals surface area contributed by atoms with Gasteiger partial charge in [-0.3, -0.25) is 9.69 Å². The van der Waals surface area contributed by atoms with Crippen LogP contribution in [0.2, 0.25) is 0 Å². The van der Waals surface area contributed by atoms with Gasteiger partial charge in [0.1, 0.15) is 0 Å². The van der Waals surface area contributed by atoms with Gasteiger partial charge in [-0.1, -0.05) is 26.3 Å². The Balaban J connectivity index is 2.59. The molecule has 0 bridgehead atoms. The van der Waals surface area contributed by atoms with E-state index in [4.69, 9.17) is 0 Å². The fourth-order valence-electron chi connectivity index (χ4n) is 1.98. The summed E-state index contributed by atoms with van der Waals surface area (Å²) in [6, 6.07) is 6.75. The second kappa shape index (κ2) is 9.13. The highest BCUT2D eigenvalue weighted by atomic mass is 16.5. The molecule has 0 aromatic heterocycles. The van der Waals surface area contributed by atoms with Gasteiger partial charge in [0.15, 0.2) is 0 Å². The van der Waals surface area contributed by atoms with E-state index in [2.05, 4.69) is 21.9 Å². The number of carbonyl (C=O) groups is 2. The lowest BCUT2D eigenvalue weighted by Crippen LogP contribution is -2.33. The Morgan fingerprint density at radius 1 is 1.29 bits per heavy atom. The smallest absolute Gasteiger partial charge is 0.337 e. The Bertz CT molecular complexity index is 474. The van der Waals surface area contributed by atoms with E-state index in [9.17, 15) is 9.59 Å². The van der Waals surface area contributed by atoms with Crippen molar-refractivity contribution in [2.75, 3.05) is 32.1 Å². The number of methoxy groups -OCH3 is 1. The Hall–Kier alpha value is -1.88. The largest absolute Gasteiger partial charge is 0.465 e. The topological polar surface area (TPSA) is 58.6 Å². The molecule has 1 rings (SSSR count). The molecule has 0 aliphatic rings. The average molecular weight is 292 g/mol. The predicted molar refractivity (Wildman–Crippen MR) is 83.4 cm³/mol. The van der Waals surface area contributed by atoms with Crippen LogP contribution in [0.4, 0.5) is 5.69 Å². The van der Waals surface area contributed by atoms with E-state index in [1.165, 1.54) is 7.11 Å². The van der Waals surface area contributed by atoms with Crippen LogP contribution in [-0.2, 0) is 9.53 Å². The van der Waals surface area contributed by atoms with Gasteiger partial charge in [-0.05, 0) is 37.7 Å². The van der Waals surface area contributed by atoms with E-state index in [-0.39, 0.29) is 5.91 Å². The number of nitrogens with zero attached hydrogens (tertiary/aromatic N) is 1. The lowest BCUT2D eigenvalue weighted by molar-refractivity contribution is -0.117. The number of carbonyl (C=O) groups excluding carboxylic acids is 2. The summed E-state index contributed by atoms with van der Waals surface area (Å²) in [5.74, 6) is -0.487. The number of unbranched alkanes of at least 4 members (excludes halogenated alkanes) is 1. The molecule has 116 valence electrons. The molecule has 0 saturated heterocycles. The van der Waals surface area contributed by atoms with Gasteiger partial charge in [-0.15, -0.1) is 0 Å². The van der Waals surface area contributed by atoms with Crippen molar-refractivity contribution in [3.05, 3.63) is 29.8 Å². The van der Waals surface area contributed by atoms with E-state index >= 15 is 0 Å². The van der Waals surface area contributed by atoms with Crippen LogP contribution in [0.5, 0.6) is 0 Å². The van der Waals surface area contributed by atoms with E-state index in [1.54, 1.807) is 24.3 Å². The summed E-state index contributed by atoms with van der Waals surface area (Å²) in [4.78, 5) is 25.6. The number of hydrogen-bond acceptors (Lipinski definition) is 4. The molecule has 21 heavy (non-hydrogen) atoms. The maximum atomic E-state index is 12.0. The second-order valence-corrected chi connectivity index (χ2v) is 4.84. The SMILES string of the molecule is CCCCN(CC)CC(=O)Nc1cccc(C(=O)OC)c1. The lowest BCUT2D eigenvalue weighted by atomic mass is 10.2. The van der Waals surface area contributed by atoms with Crippen LogP contribution >= 0.6 is 0 Å². The quantitative estimate of drug-likeness (QED) is 0.748. The number of nitrogens with one attached hydrogen (secondary N) is 1. The molecule has 5 heteroatoms. The Kier molecular flexibility index (Phi) is 7.46. The van der Waals surface area contributed by atoms with E-state index in [0.29, 0.717) is 17.8 Å². The molecule has 0 aliphatic heterocycles. The molecule has 1 aromatic rings. The van der Waals surface area contributed by atoms with Gasteiger partial charge in [0.2, 0.25) is 5.91 Å². The fraction of sp³-hybridized carbons (Fsp3) is 0.500. The predicted octanol–water partition coefficient (Wildman–Crippen LogP) is 2.53. The minimum atomic E-state index is -0.413. The zero-order valence-electron chi connectivity index (χ0n) is 13.0. The Morgan fingerprint density at radius 2 is 2.05 bits per heavy atom. The molecular weight excluding hydrogens is 268 g/mol. The first-order chi connectivity index (χ1) is 10.1. The summed E-state index contributed by atoms with van der Waals surface area (Å²) in [5.41, 5.74) is 1.03. The second-order valence-electron chi connectivity index (χ2n) is 4.84. The minimum absolute atomic E-state index is 0.0741. The van der Waals surface area contributed by atoms with Crippen LogP contribution in [0.25, 0.3) is 0 Å². The van der Waals surface area contributed by atoms with Gasteiger partial charge >= 0.3 is 5.97 Å². The molecule has 0 spiro atoms. The van der Waals surface area contributed by atoms with Crippen LogP contribution in [0.3, 0.4) is 0 Å². The maximum absolute atomic E-state index is 12.0. The van der Waals surface area contributed by atoms with E-state index in [0.717, 1.165) is 25.9 Å².